The van der Waals surface area contributed by atoms with E-state index in [0.717, 1.165) is 10.0 Å². The highest BCUT2D eigenvalue weighted by molar-refractivity contribution is 9.10. The maximum absolute atomic E-state index is 13.8. The Morgan fingerprint density at radius 3 is 2.65 bits per heavy atom. The Kier molecular flexibility index (Phi) is 5.02. The van der Waals surface area contributed by atoms with Gasteiger partial charge in [0.2, 0.25) is 0 Å². The minimum atomic E-state index is -0.362. The number of rotatable bonds is 4. The molecule has 106 valence electrons. The molecule has 0 radical (unpaired) electrons. The maximum atomic E-state index is 13.8. The van der Waals surface area contributed by atoms with Crippen molar-refractivity contribution in [2.45, 2.75) is 19.6 Å². The number of benzene rings is 2. The van der Waals surface area contributed by atoms with Crippen LogP contribution in [0.1, 0.15) is 24.1 Å². The summed E-state index contributed by atoms with van der Waals surface area (Å²) in [7, 11) is 0. The third-order valence-electron chi connectivity index (χ3n) is 2.87. The van der Waals surface area contributed by atoms with Crippen LogP contribution in [-0.4, -0.2) is 0 Å². The summed E-state index contributed by atoms with van der Waals surface area (Å²) in [6, 6.07) is 9.87. The molecule has 5 heteroatoms. The molecule has 0 heterocycles. The summed E-state index contributed by atoms with van der Waals surface area (Å²) in [5.74, 6) is 0.0882. The van der Waals surface area contributed by atoms with Crippen LogP contribution in [0.5, 0.6) is 5.75 Å². The Morgan fingerprint density at radius 2 is 2.05 bits per heavy atom. The van der Waals surface area contributed by atoms with Crippen molar-refractivity contribution in [3.8, 4) is 5.75 Å². The third kappa shape index (κ3) is 3.72. The van der Waals surface area contributed by atoms with Crippen molar-refractivity contribution in [2.24, 2.45) is 5.73 Å². The zero-order chi connectivity index (χ0) is 14.7. The molecular formula is C15H14BrClFNO. The first-order chi connectivity index (χ1) is 9.47. The van der Waals surface area contributed by atoms with E-state index in [1.807, 2.05) is 12.1 Å². The molecule has 2 aromatic carbocycles. The van der Waals surface area contributed by atoms with Crippen molar-refractivity contribution in [1.29, 1.82) is 0 Å². The van der Waals surface area contributed by atoms with Gasteiger partial charge in [0.15, 0.2) is 0 Å². The molecule has 0 aliphatic heterocycles. The van der Waals surface area contributed by atoms with Crippen LogP contribution in [0.25, 0.3) is 0 Å². The molecule has 2 rings (SSSR count). The second kappa shape index (κ2) is 6.57. The molecule has 2 nitrogen and oxygen atoms in total. The molecule has 0 aromatic heterocycles. The summed E-state index contributed by atoms with van der Waals surface area (Å²) in [5.41, 5.74) is 6.97. The van der Waals surface area contributed by atoms with Crippen LogP contribution in [0.2, 0.25) is 5.02 Å². The van der Waals surface area contributed by atoms with Gasteiger partial charge in [0.25, 0.3) is 0 Å². The van der Waals surface area contributed by atoms with Crippen LogP contribution < -0.4 is 10.5 Å². The van der Waals surface area contributed by atoms with E-state index >= 15 is 0 Å². The number of hydrogen-bond donors (Lipinski definition) is 1. The summed E-state index contributed by atoms with van der Waals surface area (Å²) in [5, 5.41) is 0.604. The van der Waals surface area contributed by atoms with Gasteiger partial charge < -0.3 is 10.5 Å². The fourth-order valence-corrected chi connectivity index (χ4v) is 2.49. The summed E-state index contributed by atoms with van der Waals surface area (Å²) in [6.07, 6.45) is 0. The van der Waals surface area contributed by atoms with Crippen LogP contribution in [0.15, 0.2) is 40.9 Å². The molecule has 20 heavy (non-hydrogen) atoms. The van der Waals surface area contributed by atoms with Gasteiger partial charge in [0, 0.05) is 32.7 Å². The number of ether oxygens (including phenoxy) is 1. The van der Waals surface area contributed by atoms with E-state index in [0.29, 0.717) is 16.3 Å². The number of hydrogen-bond acceptors (Lipinski definition) is 2. The molecule has 0 amide bonds. The fourth-order valence-electron chi connectivity index (χ4n) is 1.77. The van der Waals surface area contributed by atoms with E-state index in [1.54, 1.807) is 25.1 Å². The minimum absolute atomic E-state index is 0.281. The predicted octanol–water partition coefficient (Wildman–Crippen LogP) is 4.84. The van der Waals surface area contributed by atoms with Crippen molar-refractivity contribution in [3.05, 3.63) is 62.8 Å². The Balaban J connectivity index is 2.09. The second-order valence-corrected chi connectivity index (χ2v) is 5.82. The van der Waals surface area contributed by atoms with Crippen LogP contribution in [0, 0.1) is 5.82 Å². The van der Waals surface area contributed by atoms with Crippen molar-refractivity contribution in [3.63, 3.8) is 0 Å². The molecule has 2 aromatic rings. The summed E-state index contributed by atoms with van der Waals surface area (Å²) >= 11 is 9.43. The summed E-state index contributed by atoms with van der Waals surface area (Å²) in [6.45, 7) is 2.02. The van der Waals surface area contributed by atoms with Crippen LogP contribution in [0.4, 0.5) is 4.39 Å². The molecule has 0 bridgehead atoms. The van der Waals surface area contributed by atoms with E-state index in [9.17, 15) is 4.39 Å². The van der Waals surface area contributed by atoms with Gasteiger partial charge in [-0.05, 0) is 25.1 Å². The molecule has 0 saturated heterocycles. The quantitative estimate of drug-likeness (QED) is 0.848. The normalized spacial score (nSPS) is 12.2. The average Bonchev–Trinajstić information content (AvgIpc) is 2.37. The SMILES string of the molecule is C[C@@H](N)c1ccc(OCc2ccc(Br)cc2Cl)cc1F. The highest BCUT2D eigenvalue weighted by Gasteiger charge is 2.09. The van der Waals surface area contributed by atoms with Gasteiger partial charge in [-0.1, -0.05) is 39.7 Å². The lowest BCUT2D eigenvalue weighted by Gasteiger charge is -2.11. The molecule has 0 aliphatic carbocycles. The standard InChI is InChI=1S/C15H14BrClFNO/c1-9(19)13-5-4-12(7-15(13)18)20-8-10-2-3-11(16)6-14(10)17/h2-7,9H,8,19H2,1H3/t9-/m1/s1. The first kappa shape index (κ1) is 15.3. The smallest absolute Gasteiger partial charge is 0.131 e. The van der Waals surface area contributed by atoms with Gasteiger partial charge in [-0.2, -0.15) is 0 Å². The second-order valence-electron chi connectivity index (χ2n) is 4.50. The van der Waals surface area contributed by atoms with E-state index in [1.165, 1.54) is 6.07 Å². The Bertz CT molecular complexity index is 619. The van der Waals surface area contributed by atoms with Crippen LogP contribution in [-0.2, 0) is 6.61 Å². The number of nitrogens with two attached hydrogens (primary N) is 1. The van der Waals surface area contributed by atoms with E-state index in [4.69, 9.17) is 22.1 Å². The highest BCUT2D eigenvalue weighted by atomic mass is 79.9. The van der Waals surface area contributed by atoms with Gasteiger partial charge in [-0.15, -0.1) is 0 Å². The first-order valence-electron chi connectivity index (χ1n) is 6.09. The molecule has 2 N–H and O–H groups in total. The summed E-state index contributed by atoms with van der Waals surface area (Å²) in [4.78, 5) is 0. The lowest BCUT2D eigenvalue weighted by molar-refractivity contribution is 0.304. The molecule has 0 fully saturated rings. The molecule has 0 unspecified atom stereocenters. The lowest BCUT2D eigenvalue weighted by Crippen LogP contribution is -2.07. The molecular weight excluding hydrogens is 345 g/mol. The Hall–Kier alpha value is -1.10. The maximum Gasteiger partial charge on any atom is 0.131 e. The van der Waals surface area contributed by atoms with Gasteiger partial charge in [-0.3, -0.25) is 0 Å². The van der Waals surface area contributed by atoms with Crippen molar-refractivity contribution >= 4 is 27.5 Å². The van der Waals surface area contributed by atoms with Gasteiger partial charge in [-0.25, -0.2) is 4.39 Å². The van der Waals surface area contributed by atoms with Crippen LogP contribution >= 0.6 is 27.5 Å². The highest BCUT2D eigenvalue weighted by Crippen LogP contribution is 2.24. The topological polar surface area (TPSA) is 35.2 Å². The first-order valence-corrected chi connectivity index (χ1v) is 7.26. The van der Waals surface area contributed by atoms with Gasteiger partial charge in [0.05, 0.1) is 0 Å². The molecule has 0 aliphatic rings. The number of halogens is 3. The van der Waals surface area contributed by atoms with Gasteiger partial charge >= 0.3 is 0 Å². The lowest BCUT2D eigenvalue weighted by atomic mass is 10.1. The van der Waals surface area contributed by atoms with E-state index in [2.05, 4.69) is 15.9 Å². The van der Waals surface area contributed by atoms with E-state index < -0.39 is 0 Å². The predicted molar refractivity (Wildman–Crippen MR) is 82.5 cm³/mol. The third-order valence-corrected chi connectivity index (χ3v) is 3.72. The Labute approximate surface area is 130 Å². The molecule has 0 spiro atoms. The minimum Gasteiger partial charge on any atom is -0.489 e. The van der Waals surface area contributed by atoms with Gasteiger partial charge in [0.1, 0.15) is 18.2 Å². The van der Waals surface area contributed by atoms with Crippen molar-refractivity contribution in [1.82, 2.24) is 0 Å². The fraction of sp³-hybridized carbons (Fsp3) is 0.200. The van der Waals surface area contributed by atoms with Crippen LogP contribution in [0.3, 0.4) is 0 Å². The van der Waals surface area contributed by atoms with Crippen molar-refractivity contribution < 1.29 is 9.13 Å². The summed E-state index contributed by atoms with van der Waals surface area (Å²) < 4.78 is 20.2. The molecule has 0 saturated carbocycles. The Morgan fingerprint density at radius 1 is 1.30 bits per heavy atom. The van der Waals surface area contributed by atoms with Crippen molar-refractivity contribution in [2.75, 3.05) is 0 Å². The zero-order valence-corrected chi connectivity index (χ0v) is 13.2. The van der Waals surface area contributed by atoms with E-state index in [-0.39, 0.29) is 18.5 Å². The average molecular weight is 359 g/mol. The largest absolute Gasteiger partial charge is 0.489 e. The molecule has 1 atom stereocenters. The zero-order valence-electron chi connectivity index (χ0n) is 10.9. The monoisotopic (exact) mass is 357 g/mol.